The van der Waals surface area contributed by atoms with Crippen LogP contribution in [0.2, 0.25) is 5.15 Å². The van der Waals surface area contributed by atoms with E-state index in [2.05, 4.69) is 10.3 Å². The molecule has 5 heteroatoms. The zero-order chi connectivity index (χ0) is 11.2. The van der Waals surface area contributed by atoms with Crippen LogP contribution in [-0.4, -0.2) is 17.7 Å². The minimum Gasteiger partial charge on any atom is -0.447 e. The van der Waals surface area contributed by atoms with Crippen LogP contribution in [0.5, 0.6) is 0 Å². The van der Waals surface area contributed by atoms with Gasteiger partial charge >= 0.3 is 6.09 Å². The van der Waals surface area contributed by atoms with Crippen molar-refractivity contribution in [2.45, 2.75) is 24.8 Å². The molecule has 0 unspecified atom stereocenters. The van der Waals surface area contributed by atoms with Gasteiger partial charge in [0.15, 0.2) is 0 Å². The fourth-order valence-corrected chi connectivity index (χ4v) is 2.84. The smallest absolute Gasteiger partial charge is 0.408 e. The lowest BCUT2D eigenvalue weighted by Crippen LogP contribution is -2.43. The number of cyclic esters (lactones) is 1. The summed E-state index contributed by atoms with van der Waals surface area (Å²) < 4.78 is 5.03. The van der Waals surface area contributed by atoms with Gasteiger partial charge in [0.25, 0.3) is 0 Å². The van der Waals surface area contributed by atoms with Gasteiger partial charge in [-0.2, -0.15) is 0 Å². The third kappa shape index (κ3) is 1.29. The van der Waals surface area contributed by atoms with Crippen LogP contribution in [0, 0.1) is 0 Å². The Kier molecular flexibility index (Phi) is 2.07. The molecule has 1 aliphatic carbocycles. The number of amides is 1. The summed E-state index contributed by atoms with van der Waals surface area (Å²) in [5.41, 5.74) is 1.72. The number of alkyl carbamates (subject to hydrolysis) is 1. The molecule has 16 heavy (non-hydrogen) atoms. The Morgan fingerprint density at radius 1 is 1.56 bits per heavy atom. The van der Waals surface area contributed by atoms with E-state index in [1.165, 1.54) is 0 Å². The molecule has 0 radical (unpaired) electrons. The van der Waals surface area contributed by atoms with E-state index in [1.54, 1.807) is 6.20 Å². The number of rotatable bonds is 0. The first kappa shape index (κ1) is 9.90. The van der Waals surface area contributed by atoms with Crippen LogP contribution in [0.25, 0.3) is 0 Å². The normalized spacial score (nSPS) is 27.4. The molecule has 1 aromatic rings. The molecular weight excluding hydrogens is 228 g/mol. The maximum atomic E-state index is 11.2. The molecule has 2 heterocycles. The van der Waals surface area contributed by atoms with Crippen molar-refractivity contribution in [2.75, 3.05) is 6.61 Å². The van der Waals surface area contributed by atoms with Crippen molar-refractivity contribution >= 4 is 17.7 Å². The average molecular weight is 239 g/mol. The van der Waals surface area contributed by atoms with Crippen LogP contribution < -0.4 is 5.32 Å². The summed E-state index contributed by atoms with van der Waals surface area (Å²) in [6, 6.07) is 1.93. The number of ether oxygens (including phenoxy) is 1. The molecule has 1 atom stereocenters. The van der Waals surface area contributed by atoms with E-state index in [0.29, 0.717) is 11.8 Å². The molecule has 0 aromatic carbocycles. The van der Waals surface area contributed by atoms with Crippen molar-refractivity contribution in [3.05, 3.63) is 28.5 Å². The maximum absolute atomic E-state index is 11.2. The van der Waals surface area contributed by atoms with Crippen molar-refractivity contribution in [1.82, 2.24) is 10.3 Å². The molecule has 1 fully saturated rings. The standard InChI is InChI=1S/C11H11ClN2O2/c12-9-7-2-1-4-11(6-16-10(15)14-11)8(7)3-5-13-9/h3,5H,1-2,4,6H2,(H,14,15)/t11-/m1/s1. The van der Waals surface area contributed by atoms with E-state index in [-0.39, 0.29) is 11.6 Å². The summed E-state index contributed by atoms with van der Waals surface area (Å²) in [6.45, 7) is 0.388. The number of nitrogens with zero attached hydrogens (tertiary/aromatic N) is 1. The highest BCUT2D eigenvalue weighted by Gasteiger charge is 2.44. The Balaban J connectivity index is 2.13. The molecule has 84 valence electrons. The third-order valence-electron chi connectivity index (χ3n) is 3.34. The van der Waals surface area contributed by atoms with Gasteiger partial charge in [0.1, 0.15) is 17.3 Å². The summed E-state index contributed by atoms with van der Waals surface area (Å²) in [5, 5.41) is 3.44. The molecule has 1 aliphatic heterocycles. The SMILES string of the molecule is O=C1N[C@]2(CCCc3c2ccnc3Cl)CO1. The van der Waals surface area contributed by atoms with Gasteiger partial charge in [-0.25, -0.2) is 9.78 Å². The maximum Gasteiger partial charge on any atom is 0.408 e. The Morgan fingerprint density at radius 3 is 3.19 bits per heavy atom. The van der Waals surface area contributed by atoms with Crippen molar-refractivity contribution in [2.24, 2.45) is 0 Å². The number of pyridine rings is 1. The van der Waals surface area contributed by atoms with E-state index in [1.807, 2.05) is 6.07 Å². The Labute approximate surface area is 98.0 Å². The highest BCUT2D eigenvalue weighted by molar-refractivity contribution is 6.30. The van der Waals surface area contributed by atoms with E-state index < -0.39 is 0 Å². The minimum absolute atomic E-state index is 0.346. The molecule has 2 aliphatic rings. The van der Waals surface area contributed by atoms with E-state index in [4.69, 9.17) is 16.3 Å². The number of carbonyl (C=O) groups excluding carboxylic acids is 1. The van der Waals surface area contributed by atoms with Crippen molar-refractivity contribution < 1.29 is 9.53 Å². The molecule has 1 aromatic heterocycles. The summed E-state index contributed by atoms with van der Waals surface area (Å²) in [7, 11) is 0. The van der Waals surface area contributed by atoms with Crippen LogP contribution in [-0.2, 0) is 16.7 Å². The zero-order valence-corrected chi connectivity index (χ0v) is 9.38. The van der Waals surface area contributed by atoms with Gasteiger partial charge < -0.3 is 10.1 Å². The summed E-state index contributed by atoms with van der Waals surface area (Å²) >= 11 is 6.08. The first-order chi connectivity index (χ1) is 7.71. The van der Waals surface area contributed by atoms with E-state index in [0.717, 1.165) is 30.4 Å². The van der Waals surface area contributed by atoms with Gasteiger partial charge in [0, 0.05) is 6.20 Å². The monoisotopic (exact) mass is 238 g/mol. The van der Waals surface area contributed by atoms with E-state index in [9.17, 15) is 4.79 Å². The summed E-state index contributed by atoms with van der Waals surface area (Å²) in [6.07, 6.45) is 4.13. The number of nitrogens with one attached hydrogen (secondary N) is 1. The number of aromatic nitrogens is 1. The molecular formula is C11H11ClN2O2. The first-order valence-corrected chi connectivity index (χ1v) is 5.68. The summed E-state index contributed by atoms with van der Waals surface area (Å²) in [5.74, 6) is 0. The van der Waals surface area contributed by atoms with Gasteiger partial charge in [0.05, 0.1) is 0 Å². The quantitative estimate of drug-likeness (QED) is 0.704. The number of hydrogen-bond donors (Lipinski definition) is 1. The number of hydrogen-bond acceptors (Lipinski definition) is 3. The predicted molar refractivity (Wildman–Crippen MR) is 58.3 cm³/mol. The molecule has 0 bridgehead atoms. The molecule has 1 saturated heterocycles. The average Bonchev–Trinajstić information content (AvgIpc) is 2.63. The Bertz CT molecular complexity index is 463. The summed E-state index contributed by atoms with van der Waals surface area (Å²) in [4.78, 5) is 15.3. The van der Waals surface area contributed by atoms with Crippen LogP contribution >= 0.6 is 11.6 Å². The van der Waals surface area contributed by atoms with Gasteiger partial charge in [-0.1, -0.05) is 11.6 Å². The minimum atomic E-state index is -0.378. The van der Waals surface area contributed by atoms with E-state index >= 15 is 0 Å². The fraction of sp³-hybridized carbons (Fsp3) is 0.455. The lowest BCUT2D eigenvalue weighted by atomic mass is 9.78. The van der Waals surface area contributed by atoms with Crippen LogP contribution in [0.1, 0.15) is 24.0 Å². The van der Waals surface area contributed by atoms with Gasteiger partial charge in [-0.05, 0) is 36.5 Å². The molecule has 0 saturated carbocycles. The Morgan fingerprint density at radius 2 is 2.44 bits per heavy atom. The molecule has 1 N–H and O–H groups in total. The lowest BCUT2D eigenvalue weighted by Gasteiger charge is -2.33. The second kappa shape index (κ2) is 3.35. The van der Waals surface area contributed by atoms with Crippen LogP contribution in [0.3, 0.4) is 0 Å². The molecule has 1 spiro atoms. The van der Waals surface area contributed by atoms with Gasteiger partial charge in [0.2, 0.25) is 0 Å². The highest BCUT2D eigenvalue weighted by Crippen LogP contribution is 2.39. The van der Waals surface area contributed by atoms with Crippen molar-refractivity contribution in [3.8, 4) is 0 Å². The van der Waals surface area contributed by atoms with Gasteiger partial charge in [-0.15, -0.1) is 0 Å². The third-order valence-corrected chi connectivity index (χ3v) is 3.67. The topological polar surface area (TPSA) is 51.2 Å². The van der Waals surface area contributed by atoms with Gasteiger partial charge in [-0.3, -0.25) is 0 Å². The second-order valence-electron chi connectivity index (χ2n) is 4.26. The Hall–Kier alpha value is -1.29. The molecule has 1 amide bonds. The van der Waals surface area contributed by atoms with Crippen molar-refractivity contribution in [3.63, 3.8) is 0 Å². The van der Waals surface area contributed by atoms with Crippen LogP contribution in [0.4, 0.5) is 4.79 Å². The van der Waals surface area contributed by atoms with Crippen LogP contribution in [0.15, 0.2) is 12.3 Å². The number of halogens is 1. The first-order valence-electron chi connectivity index (χ1n) is 5.30. The zero-order valence-electron chi connectivity index (χ0n) is 8.62. The number of fused-ring (bicyclic) bond motifs is 2. The predicted octanol–water partition coefficient (Wildman–Crippen LogP) is 2.01. The lowest BCUT2D eigenvalue weighted by molar-refractivity contribution is 0.170. The highest BCUT2D eigenvalue weighted by atomic mass is 35.5. The second-order valence-corrected chi connectivity index (χ2v) is 4.62. The molecule has 4 nitrogen and oxygen atoms in total. The largest absolute Gasteiger partial charge is 0.447 e. The number of carbonyl (C=O) groups is 1. The van der Waals surface area contributed by atoms with Crippen molar-refractivity contribution in [1.29, 1.82) is 0 Å². The molecule has 3 rings (SSSR count). The fourth-order valence-electron chi connectivity index (χ4n) is 2.59.